The highest BCUT2D eigenvalue weighted by Crippen LogP contribution is 2.22. The van der Waals surface area contributed by atoms with Crippen LogP contribution in [0.1, 0.15) is 31.1 Å². The number of carboxylic acid groups (broad SMARTS) is 1. The molecule has 0 amide bonds. The lowest BCUT2D eigenvalue weighted by molar-refractivity contribution is 0.0698. The lowest BCUT2D eigenvalue weighted by atomic mass is 10.1. The fourth-order valence-corrected chi connectivity index (χ4v) is 1.25. The van der Waals surface area contributed by atoms with E-state index < -0.39 is 5.97 Å². The van der Waals surface area contributed by atoms with Gasteiger partial charge in [0.25, 0.3) is 0 Å². The summed E-state index contributed by atoms with van der Waals surface area (Å²) in [4.78, 5) is 10.8. The molecule has 0 radical (unpaired) electrons. The van der Waals surface area contributed by atoms with Crippen molar-refractivity contribution in [3.63, 3.8) is 0 Å². The number of hydrogen-bond donors (Lipinski definition) is 2. The minimum absolute atomic E-state index is 0.197. The molecule has 0 fully saturated rings. The molecule has 0 saturated carbocycles. The molecule has 1 aromatic rings. The van der Waals surface area contributed by atoms with Gasteiger partial charge in [0.05, 0.1) is 11.7 Å². The van der Waals surface area contributed by atoms with E-state index in [9.17, 15) is 4.79 Å². The first-order valence-corrected chi connectivity index (χ1v) is 4.37. The first kappa shape index (κ1) is 10.6. The number of nitrogens with one attached hydrogen (secondary N) is 1. The summed E-state index contributed by atoms with van der Waals surface area (Å²) in [5.74, 6) is -0.435. The third-order valence-corrected chi connectivity index (χ3v) is 1.87. The molecule has 1 aromatic heterocycles. The number of carbonyl (C=O) groups is 1. The molecular formula is C9H15N3O2. The Balaban J connectivity index is 3.28. The van der Waals surface area contributed by atoms with E-state index >= 15 is 0 Å². The van der Waals surface area contributed by atoms with Crippen LogP contribution in [0.5, 0.6) is 0 Å². The normalized spacial score (nSPS) is 11.4. The average molecular weight is 197 g/mol. The molecule has 14 heavy (non-hydrogen) atoms. The number of anilines is 1. The van der Waals surface area contributed by atoms with E-state index in [1.807, 2.05) is 20.8 Å². The van der Waals surface area contributed by atoms with Crippen molar-refractivity contribution in [3.8, 4) is 0 Å². The van der Waals surface area contributed by atoms with Crippen LogP contribution in [0.3, 0.4) is 0 Å². The largest absolute Gasteiger partial charge is 0.477 e. The van der Waals surface area contributed by atoms with Crippen LogP contribution in [0.2, 0.25) is 0 Å². The molecule has 0 aliphatic rings. The standard InChI is InChI=1S/C9H15N3O2/c1-9(2,3)12-7(10-4)6(5-11-12)8(13)14/h5,10H,1-4H3,(H,13,14). The Labute approximate surface area is 82.7 Å². The third-order valence-electron chi connectivity index (χ3n) is 1.87. The molecule has 0 aliphatic heterocycles. The molecule has 1 heterocycles. The quantitative estimate of drug-likeness (QED) is 0.751. The fraction of sp³-hybridized carbons (Fsp3) is 0.556. The Bertz CT molecular complexity index is 349. The van der Waals surface area contributed by atoms with E-state index in [2.05, 4.69) is 10.4 Å². The van der Waals surface area contributed by atoms with Gasteiger partial charge in [0.1, 0.15) is 11.4 Å². The Morgan fingerprint density at radius 2 is 2.14 bits per heavy atom. The fourth-order valence-electron chi connectivity index (χ4n) is 1.25. The van der Waals surface area contributed by atoms with Crippen molar-refractivity contribution in [2.45, 2.75) is 26.3 Å². The predicted octanol–water partition coefficient (Wildman–Crippen LogP) is 1.38. The Morgan fingerprint density at radius 1 is 1.57 bits per heavy atom. The molecule has 5 heteroatoms. The lowest BCUT2D eigenvalue weighted by Crippen LogP contribution is -2.25. The van der Waals surface area contributed by atoms with Crippen molar-refractivity contribution in [3.05, 3.63) is 11.8 Å². The number of carboxylic acids is 1. The van der Waals surface area contributed by atoms with Crippen LogP contribution in [-0.4, -0.2) is 27.9 Å². The first-order chi connectivity index (χ1) is 6.38. The molecule has 2 N–H and O–H groups in total. The van der Waals surface area contributed by atoms with Crippen LogP contribution in [0.4, 0.5) is 5.82 Å². The van der Waals surface area contributed by atoms with E-state index in [1.165, 1.54) is 6.20 Å². The zero-order chi connectivity index (χ0) is 10.9. The van der Waals surface area contributed by atoms with Gasteiger partial charge in [-0.1, -0.05) is 0 Å². The smallest absolute Gasteiger partial charge is 0.341 e. The maximum absolute atomic E-state index is 10.8. The van der Waals surface area contributed by atoms with Crippen LogP contribution in [0.25, 0.3) is 0 Å². The highest BCUT2D eigenvalue weighted by atomic mass is 16.4. The van der Waals surface area contributed by atoms with Gasteiger partial charge in [-0.25, -0.2) is 9.48 Å². The Hall–Kier alpha value is -1.52. The highest BCUT2D eigenvalue weighted by molar-refractivity contribution is 5.93. The van der Waals surface area contributed by atoms with Crippen LogP contribution < -0.4 is 5.32 Å². The molecule has 1 rings (SSSR count). The second kappa shape index (κ2) is 3.32. The van der Waals surface area contributed by atoms with Crippen molar-refractivity contribution in [2.75, 3.05) is 12.4 Å². The second-order valence-electron chi connectivity index (χ2n) is 4.04. The molecule has 0 spiro atoms. The minimum Gasteiger partial charge on any atom is -0.477 e. The molecule has 78 valence electrons. The highest BCUT2D eigenvalue weighted by Gasteiger charge is 2.22. The summed E-state index contributed by atoms with van der Waals surface area (Å²) in [5, 5.41) is 15.8. The molecule has 0 saturated heterocycles. The number of hydrogen-bond acceptors (Lipinski definition) is 3. The van der Waals surface area contributed by atoms with Gasteiger partial charge in [-0.2, -0.15) is 5.10 Å². The molecule has 0 unspecified atom stereocenters. The predicted molar refractivity (Wildman–Crippen MR) is 53.7 cm³/mol. The summed E-state index contributed by atoms with van der Waals surface area (Å²) in [7, 11) is 1.69. The van der Waals surface area contributed by atoms with Crippen LogP contribution >= 0.6 is 0 Å². The maximum atomic E-state index is 10.8. The van der Waals surface area contributed by atoms with Gasteiger partial charge in [0.15, 0.2) is 0 Å². The van der Waals surface area contributed by atoms with Gasteiger partial charge in [-0.05, 0) is 20.8 Å². The molecule has 0 atom stereocenters. The van der Waals surface area contributed by atoms with Crippen LogP contribution in [-0.2, 0) is 5.54 Å². The monoisotopic (exact) mass is 197 g/mol. The van der Waals surface area contributed by atoms with E-state index in [0.717, 1.165) is 0 Å². The Morgan fingerprint density at radius 3 is 2.50 bits per heavy atom. The van der Waals surface area contributed by atoms with E-state index in [0.29, 0.717) is 5.82 Å². The molecule has 0 aliphatic carbocycles. The van der Waals surface area contributed by atoms with E-state index in [4.69, 9.17) is 5.11 Å². The van der Waals surface area contributed by atoms with E-state index in [-0.39, 0.29) is 11.1 Å². The van der Waals surface area contributed by atoms with E-state index in [1.54, 1.807) is 11.7 Å². The van der Waals surface area contributed by atoms with Crippen molar-refractivity contribution < 1.29 is 9.90 Å². The molecule has 5 nitrogen and oxygen atoms in total. The average Bonchev–Trinajstić information content (AvgIpc) is 2.45. The summed E-state index contributed by atoms with van der Waals surface area (Å²) in [6, 6.07) is 0. The van der Waals surface area contributed by atoms with Gasteiger partial charge in [-0.15, -0.1) is 0 Å². The van der Waals surface area contributed by atoms with Gasteiger partial charge in [-0.3, -0.25) is 0 Å². The topological polar surface area (TPSA) is 67.2 Å². The van der Waals surface area contributed by atoms with Gasteiger partial charge in [0, 0.05) is 7.05 Å². The summed E-state index contributed by atoms with van der Waals surface area (Å²) in [5.41, 5.74) is -0.0334. The molecular weight excluding hydrogens is 182 g/mol. The summed E-state index contributed by atoms with van der Waals surface area (Å²) < 4.78 is 1.66. The number of rotatable bonds is 2. The summed E-state index contributed by atoms with van der Waals surface area (Å²) in [6.07, 6.45) is 1.36. The van der Waals surface area contributed by atoms with Crippen molar-refractivity contribution in [2.24, 2.45) is 0 Å². The van der Waals surface area contributed by atoms with Crippen LogP contribution in [0.15, 0.2) is 6.20 Å². The number of aromatic carboxylic acids is 1. The zero-order valence-corrected chi connectivity index (χ0v) is 8.83. The first-order valence-electron chi connectivity index (χ1n) is 4.37. The molecule has 0 aromatic carbocycles. The summed E-state index contributed by atoms with van der Waals surface area (Å²) >= 11 is 0. The van der Waals surface area contributed by atoms with Crippen LogP contribution in [0, 0.1) is 0 Å². The third kappa shape index (κ3) is 1.71. The molecule has 0 bridgehead atoms. The SMILES string of the molecule is CNc1c(C(=O)O)cnn1C(C)(C)C. The minimum atomic E-state index is -0.968. The zero-order valence-electron chi connectivity index (χ0n) is 8.83. The van der Waals surface area contributed by atoms with Gasteiger partial charge >= 0.3 is 5.97 Å². The lowest BCUT2D eigenvalue weighted by Gasteiger charge is -2.22. The van der Waals surface area contributed by atoms with Crippen molar-refractivity contribution >= 4 is 11.8 Å². The van der Waals surface area contributed by atoms with Gasteiger partial charge < -0.3 is 10.4 Å². The van der Waals surface area contributed by atoms with Crippen molar-refractivity contribution in [1.82, 2.24) is 9.78 Å². The Kier molecular flexibility index (Phi) is 2.51. The number of nitrogens with zero attached hydrogens (tertiary/aromatic N) is 2. The van der Waals surface area contributed by atoms with Crippen molar-refractivity contribution in [1.29, 1.82) is 0 Å². The number of aromatic nitrogens is 2. The van der Waals surface area contributed by atoms with Gasteiger partial charge in [0.2, 0.25) is 0 Å². The maximum Gasteiger partial charge on any atom is 0.341 e. The second-order valence-corrected chi connectivity index (χ2v) is 4.04. The summed E-state index contributed by atoms with van der Waals surface area (Å²) in [6.45, 7) is 5.89.